The predicted molar refractivity (Wildman–Crippen MR) is 104 cm³/mol. The third-order valence-electron chi connectivity index (χ3n) is 5.97. The standard InChI is InChI=1S/C22H32N2O2/c1-3-17-9-11-19(12-10-17)24(20-13-14-20)22(26)15-21(23-16(2)25)18-7-5-4-6-8-18/h4-8,17,19-21H,3,9-15H2,1-2H3,(H,23,25). The second kappa shape index (κ2) is 8.70. The normalized spacial score (nSPS) is 23.9. The summed E-state index contributed by atoms with van der Waals surface area (Å²) in [7, 11) is 0. The number of amides is 2. The van der Waals surface area contributed by atoms with Crippen LogP contribution >= 0.6 is 0 Å². The Morgan fingerprint density at radius 1 is 1.04 bits per heavy atom. The van der Waals surface area contributed by atoms with E-state index in [0.717, 1.165) is 37.2 Å². The van der Waals surface area contributed by atoms with E-state index in [1.54, 1.807) is 0 Å². The average Bonchev–Trinajstić information content (AvgIpc) is 3.47. The van der Waals surface area contributed by atoms with Gasteiger partial charge in [-0.2, -0.15) is 0 Å². The highest BCUT2D eigenvalue weighted by atomic mass is 16.2. The van der Waals surface area contributed by atoms with Crippen molar-refractivity contribution in [3.63, 3.8) is 0 Å². The van der Waals surface area contributed by atoms with Crippen molar-refractivity contribution in [2.24, 2.45) is 5.92 Å². The molecule has 0 spiro atoms. The van der Waals surface area contributed by atoms with Gasteiger partial charge in [-0.15, -0.1) is 0 Å². The largest absolute Gasteiger partial charge is 0.349 e. The summed E-state index contributed by atoms with van der Waals surface area (Å²) in [5, 5.41) is 2.97. The molecule has 2 aliphatic rings. The highest BCUT2D eigenvalue weighted by Gasteiger charge is 2.39. The summed E-state index contributed by atoms with van der Waals surface area (Å²) in [6, 6.07) is 10.4. The molecule has 1 unspecified atom stereocenters. The summed E-state index contributed by atoms with van der Waals surface area (Å²) in [5.74, 6) is 0.946. The molecule has 1 atom stereocenters. The molecule has 2 fully saturated rings. The van der Waals surface area contributed by atoms with Crippen LogP contribution in [0.5, 0.6) is 0 Å². The average molecular weight is 357 g/mol. The second-order valence-corrected chi connectivity index (χ2v) is 7.98. The fraction of sp³-hybridized carbons (Fsp3) is 0.636. The minimum absolute atomic E-state index is 0.0897. The molecule has 1 aromatic carbocycles. The van der Waals surface area contributed by atoms with Crippen LogP contribution in [-0.4, -0.2) is 28.8 Å². The van der Waals surface area contributed by atoms with Crippen LogP contribution < -0.4 is 5.32 Å². The SMILES string of the molecule is CCC1CCC(N(C(=O)CC(NC(C)=O)c2ccccc2)C2CC2)CC1. The number of hydrogen-bond acceptors (Lipinski definition) is 2. The Bertz CT molecular complexity index is 604. The highest BCUT2D eigenvalue weighted by molar-refractivity contribution is 5.80. The Balaban J connectivity index is 1.69. The molecule has 142 valence electrons. The van der Waals surface area contributed by atoms with E-state index < -0.39 is 0 Å². The molecular weight excluding hydrogens is 324 g/mol. The van der Waals surface area contributed by atoms with Crippen LogP contribution in [0.1, 0.15) is 76.8 Å². The third kappa shape index (κ3) is 4.87. The minimum Gasteiger partial charge on any atom is -0.349 e. The lowest BCUT2D eigenvalue weighted by molar-refractivity contribution is -0.136. The fourth-order valence-corrected chi connectivity index (χ4v) is 4.35. The van der Waals surface area contributed by atoms with Crippen molar-refractivity contribution >= 4 is 11.8 Å². The zero-order valence-corrected chi connectivity index (χ0v) is 16.1. The van der Waals surface area contributed by atoms with E-state index in [0.29, 0.717) is 18.5 Å². The number of benzene rings is 1. The van der Waals surface area contributed by atoms with E-state index in [4.69, 9.17) is 0 Å². The second-order valence-electron chi connectivity index (χ2n) is 7.98. The molecule has 0 aliphatic heterocycles. The van der Waals surface area contributed by atoms with Gasteiger partial charge < -0.3 is 10.2 Å². The van der Waals surface area contributed by atoms with Gasteiger partial charge >= 0.3 is 0 Å². The lowest BCUT2D eigenvalue weighted by Gasteiger charge is -2.38. The van der Waals surface area contributed by atoms with Crippen molar-refractivity contribution in [2.45, 2.75) is 83.3 Å². The van der Waals surface area contributed by atoms with E-state index in [9.17, 15) is 9.59 Å². The van der Waals surface area contributed by atoms with Crippen molar-refractivity contribution in [1.29, 1.82) is 0 Å². The number of rotatable bonds is 7. The molecule has 4 heteroatoms. The summed E-state index contributed by atoms with van der Waals surface area (Å²) < 4.78 is 0. The molecule has 0 heterocycles. The molecule has 26 heavy (non-hydrogen) atoms. The van der Waals surface area contributed by atoms with Gasteiger partial charge in [-0.05, 0) is 50.0 Å². The van der Waals surface area contributed by atoms with E-state index in [2.05, 4.69) is 17.1 Å². The van der Waals surface area contributed by atoms with Crippen LogP contribution in [-0.2, 0) is 9.59 Å². The van der Waals surface area contributed by atoms with E-state index in [-0.39, 0.29) is 17.9 Å². The van der Waals surface area contributed by atoms with Crippen LogP contribution in [0.3, 0.4) is 0 Å². The Morgan fingerprint density at radius 2 is 1.62 bits per heavy atom. The topological polar surface area (TPSA) is 49.4 Å². The summed E-state index contributed by atoms with van der Waals surface area (Å²) in [5.41, 5.74) is 1.00. The number of carbonyl (C=O) groups is 2. The van der Waals surface area contributed by atoms with Crippen LogP contribution in [0.2, 0.25) is 0 Å². The van der Waals surface area contributed by atoms with Gasteiger partial charge in [0.15, 0.2) is 0 Å². The first-order valence-corrected chi connectivity index (χ1v) is 10.2. The molecule has 3 rings (SSSR count). The summed E-state index contributed by atoms with van der Waals surface area (Å²) in [4.78, 5) is 27.1. The van der Waals surface area contributed by atoms with Gasteiger partial charge in [0, 0.05) is 19.0 Å². The van der Waals surface area contributed by atoms with Gasteiger partial charge in [-0.25, -0.2) is 0 Å². The molecule has 2 aliphatic carbocycles. The van der Waals surface area contributed by atoms with Gasteiger partial charge in [-0.3, -0.25) is 9.59 Å². The van der Waals surface area contributed by atoms with Crippen molar-refractivity contribution in [2.75, 3.05) is 0 Å². The number of nitrogens with zero attached hydrogens (tertiary/aromatic N) is 1. The van der Waals surface area contributed by atoms with Gasteiger partial charge in [0.25, 0.3) is 0 Å². The lowest BCUT2D eigenvalue weighted by Crippen LogP contribution is -2.45. The number of hydrogen-bond donors (Lipinski definition) is 1. The molecule has 2 amide bonds. The van der Waals surface area contributed by atoms with Crippen molar-refractivity contribution in [1.82, 2.24) is 10.2 Å². The fourth-order valence-electron chi connectivity index (χ4n) is 4.35. The molecular formula is C22H32N2O2. The van der Waals surface area contributed by atoms with Gasteiger partial charge in [0.05, 0.1) is 12.5 Å². The quantitative estimate of drug-likeness (QED) is 0.795. The van der Waals surface area contributed by atoms with Crippen molar-refractivity contribution in [3.8, 4) is 0 Å². The molecule has 2 saturated carbocycles. The maximum atomic E-state index is 13.2. The Labute approximate surface area is 157 Å². The minimum atomic E-state index is -0.241. The third-order valence-corrected chi connectivity index (χ3v) is 5.97. The molecule has 1 N–H and O–H groups in total. The Morgan fingerprint density at radius 3 is 2.12 bits per heavy atom. The first-order chi connectivity index (χ1) is 12.6. The molecule has 4 nitrogen and oxygen atoms in total. The summed E-state index contributed by atoms with van der Waals surface area (Å²) in [6.07, 6.45) is 8.63. The van der Waals surface area contributed by atoms with Crippen LogP contribution in [0, 0.1) is 5.92 Å². The number of nitrogens with one attached hydrogen (secondary N) is 1. The Hall–Kier alpha value is -1.84. The van der Waals surface area contributed by atoms with Crippen LogP contribution in [0.25, 0.3) is 0 Å². The Kier molecular flexibility index (Phi) is 6.33. The van der Waals surface area contributed by atoms with Gasteiger partial charge in [0.2, 0.25) is 11.8 Å². The lowest BCUT2D eigenvalue weighted by atomic mass is 9.83. The van der Waals surface area contributed by atoms with Crippen LogP contribution in [0.15, 0.2) is 30.3 Å². The van der Waals surface area contributed by atoms with E-state index >= 15 is 0 Å². The molecule has 0 aromatic heterocycles. The first kappa shape index (κ1) is 18.9. The maximum absolute atomic E-state index is 13.2. The maximum Gasteiger partial charge on any atom is 0.225 e. The number of carbonyl (C=O) groups excluding carboxylic acids is 2. The van der Waals surface area contributed by atoms with Gasteiger partial charge in [-0.1, -0.05) is 43.7 Å². The molecule has 1 aromatic rings. The summed E-state index contributed by atoms with van der Waals surface area (Å²) >= 11 is 0. The zero-order chi connectivity index (χ0) is 18.5. The highest BCUT2D eigenvalue weighted by Crippen LogP contribution is 2.37. The molecule has 0 radical (unpaired) electrons. The van der Waals surface area contributed by atoms with Crippen LogP contribution in [0.4, 0.5) is 0 Å². The molecule has 0 bridgehead atoms. The monoisotopic (exact) mass is 356 g/mol. The summed E-state index contributed by atoms with van der Waals surface area (Å²) in [6.45, 7) is 3.79. The van der Waals surface area contributed by atoms with Crippen molar-refractivity contribution in [3.05, 3.63) is 35.9 Å². The smallest absolute Gasteiger partial charge is 0.225 e. The molecule has 0 saturated heterocycles. The predicted octanol–water partition coefficient (Wildman–Crippen LogP) is 4.21. The van der Waals surface area contributed by atoms with E-state index in [1.165, 1.54) is 26.2 Å². The van der Waals surface area contributed by atoms with Crippen molar-refractivity contribution < 1.29 is 9.59 Å². The van der Waals surface area contributed by atoms with Gasteiger partial charge in [0.1, 0.15) is 0 Å². The first-order valence-electron chi connectivity index (χ1n) is 10.2. The zero-order valence-electron chi connectivity index (χ0n) is 16.1. The van der Waals surface area contributed by atoms with E-state index in [1.807, 2.05) is 30.3 Å².